The summed E-state index contributed by atoms with van der Waals surface area (Å²) in [5, 5.41) is 8.87. The highest BCUT2D eigenvalue weighted by molar-refractivity contribution is 5.79. The average molecular weight is 349 g/mol. The van der Waals surface area contributed by atoms with Crippen molar-refractivity contribution in [1.82, 2.24) is 16.0 Å². The van der Waals surface area contributed by atoms with Crippen LogP contribution in [0.2, 0.25) is 0 Å². The van der Waals surface area contributed by atoms with E-state index in [0.717, 1.165) is 19.3 Å². The van der Waals surface area contributed by atoms with E-state index in [9.17, 15) is 9.59 Å². The standard InChI is InChI=1S/C19H31N3O3/c1-14-8-6-5-7-9-16(14)17(20-3)12-21-18(23)11-10-15(2)22-19(24)13-25-4/h6,8,17,20H,2,5,7,9-13H2,1,3-4H3,(H,21,23)(H,22,24). The first-order chi connectivity index (χ1) is 12.0. The molecule has 25 heavy (non-hydrogen) atoms. The molecule has 0 aromatic heterocycles. The third-order valence-corrected chi connectivity index (χ3v) is 4.21. The van der Waals surface area contributed by atoms with Crippen LogP contribution >= 0.6 is 0 Å². The fourth-order valence-electron chi connectivity index (χ4n) is 2.82. The van der Waals surface area contributed by atoms with Crippen molar-refractivity contribution >= 4 is 11.8 Å². The van der Waals surface area contributed by atoms with Crippen molar-refractivity contribution in [3.8, 4) is 0 Å². The lowest BCUT2D eigenvalue weighted by molar-refractivity contribution is -0.124. The van der Waals surface area contributed by atoms with Crippen LogP contribution in [-0.4, -0.2) is 45.2 Å². The van der Waals surface area contributed by atoms with Gasteiger partial charge in [-0.15, -0.1) is 0 Å². The Hall–Kier alpha value is -1.92. The van der Waals surface area contributed by atoms with Crippen LogP contribution in [0.25, 0.3) is 0 Å². The summed E-state index contributed by atoms with van der Waals surface area (Å²) < 4.78 is 4.73. The molecule has 0 fully saturated rings. The van der Waals surface area contributed by atoms with Crippen molar-refractivity contribution in [2.24, 2.45) is 0 Å². The topological polar surface area (TPSA) is 79.5 Å². The summed E-state index contributed by atoms with van der Waals surface area (Å²) in [5.41, 5.74) is 3.16. The third kappa shape index (κ3) is 8.14. The largest absolute Gasteiger partial charge is 0.375 e. The van der Waals surface area contributed by atoms with Gasteiger partial charge in [0.2, 0.25) is 11.8 Å². The van der Waals surface area contributed by atoms with Crippen LogP contribution in [0, 0.1) is 0 Å². The first kappa shape index (κ1) is 21.1. The van der Waals surface area contributed by atoms with Crippen LogP contribution < -0.4 is 16.0 Å². The lowest BCUT2D eigenvalue weighted by Crippen LogP contribution is -2.41. The molecule has 1 rings (SSSR count). The zero-order chi connectivity index (χ0) is 18.7. The van der Waals surface area contributed by atoms with E-state index in [1.54, 1.807) is 0 Å². The number of rotatable bonds is 10. The number of carbonyl (C=O) groups excluding carboxylic acids is 2. The van der Waals surface area contributed by atoms with Crippen molar-refractivity contribution in [2.45, 2.75) is 45.1 Å². The maximum absolute atomic E-state index is 12.1. The maximum atomic E-state index is 12.1. The van der Waals surface area contributed by atoms with Crippen LogP contribution in [0.15, 0.2) is 35.6 Å². The van der Waals surface area contributed by atoms with Gasteiger partial charge < -0.3 is 20.7 Å². The molecule has 3 N–H and O–H groups in total. The number of allylic oxidation sites excluding steroid dienone is 4. The second-order valence-corrected chi connectivity index (χ2v) is 6.23. The van der Waals surface area contributed by atoms with Gasteiger partial charge in [-0.1, -0.05) is 24.3 Å². The van der Waals surface area contributed by atoms with Gasteiger partial charge in [0.15, 0.2) is 0 Å². The molecule has 0 heterocycles. The van der Waals surface area contributed by atoms with E-state index in [2.05, 4.69) is 41.6 Å². The molecular formula is C19H31N3O3. The molecule has 0 bridgehead atoms. The van der Waals surface area contributed by atoms with Gasteiger partial charge in [0.25, 0.3) is 0 Å². The Kier molecular flexibility index (Phi) is 9.80. The Balaban J connectivity index is 2.40. The molecule has 0 aromatic carbocycles. The average Bonchev–Trinajstić information content (AvgIpc) is 2.79. The summed E-state index contributed by atoms with van der Waals surface area (Å²) >= 11 is 0. The number of nitrogens with one attached hydrogen (secondary N) is 3. The number of methoxy groups -OCH3 is 1. The minimum Gasteiger partial charge on any atom is -0.375 e. The molecule has 0 aliphatic heterocycles. The fourth-order valence-corrected chi connectivity index (χ4v) is 2.82. The van der Waals surface area contributed by atoms with Crippen molar-refractivity contribution < 1.29 is 14.3 Å². The van der Waals surface area contributed by atoms with E-state index in [1.165, 1.54) is 18.3 Å². The molecule has 6 nitrogen and oxygen atoms in total. The molecule has 0 spiro atoms. The molecule has 140 valence electrons. The Morgan fingerprint density at radius 1 is 1.32 bits per heavy atom. The first-order valence-electron chi connectivity index (χ1n) is 8.74. The summed E-state index contributed by atoms with van der Waals surface area (Å²) in [4.78, 5) is 23.4. The van der Waals surface area contributed by atoms with Gasteiger partial charge >= 0.3 is 0 Å². The van der Waals surface area contributed by atoms with E-state index in [4.69, 9.17) is 4.74 Å². The fraction of sp³-hybridized carbons (Fsp3) is 0.579. The van der Waals surface area contributed by atoms with Crippen LogP contribution in [0.4, 0.5) is 0 Å². The highest BCUT2D eigenvalue weighted by Crippen LogP contribution is 2.21. The second kappa shape index (κ2) is 11.6. The number of hydrogen-bond acceptors (Lipinski definition) is 4. The van der Waals surface area contributed by atoms with E-state index >= 15 is 0 Å². The predicted octanol–water partition coefficient (Wildman–Crippen LogP) is 1.80. The van der Waals surface area contributed by atoms with Crippen molar-refractivity contribution in [1.29, 1.82) is 0 Å². The molecule has 1 aliphatic carbocycles. The van der Waals surface area contributed by atoms with E-state index < -0.39 is 0 Å². The van der Waals surface area contributed by atoms with Gasteiger partial charge in [-0.3, -0.25) is 9.59 Å². The first-order valence-corrected chi connectivity index (χ1v) is 8.74. The summed E-state index contributed by atoms with van der Waals surface area (Å²) in [5.74, 6) is -0.309. The van der Waals surface area contributed by atoms with Gasteiger partial charge in [0, 0.05) is 31.8 Å². The van der Waals surface area contributed by atoms with E-state index in [1.807, 2.05) is 7.05 Å². The Labute approximate surface area is 150 Å². The predicted molar refractivity (Wildman–Crippen MR) is 99.9 cm³/mol. The molecule has 0 saturated carbocycles. The number of ether oxygens (including phenoxy) is 1. The second-order valence-electron chi connectivity index (χ2n) is 6.23. The number of hydrogen-bond donors (Lipinski definition) is 3. The smallest absolute Gasteiger partial charge is 0.250 e. The number of carbonyl (C=O) groups is 2. The Morgan fingerprint density at radius 3 is 2.76 bits per heavy atom. The zero-order valence-electron chi connectivity index (χ0n) is 15.6. The van der Waals surface area contributed by atoms with Crippen LogP contribution in [0.5, 0.6) is 0 Å². The lowest BCUT2D eigenvalue weighted by atomic mass is 9.97. The van der Waals surface area contributed by atoms with Gasteiger partial charge in [-0.05, 0) is 45.2 Å². The summed E-state index contributed by atoms with van der Waals surface area (Å²) in [6.45, 7) is 6.42. The molecule has 0 aromatic rings. The Bertz CT molecular complexity index is 538. The van der Waals surface area contributed by atoms with Crippen molar-refractivity contribution in [3.63, 3.8) is 0 Å². The minimum atomic E-state index is -0.257. The quantitative estimate of drug-likeness (QED) is 0.562. The van der Waals surface area contributed by atoms with E-state index in [0.29, 0.717) is 25.1 Å². The molecule has 6 heteroatoms. The molecule has 1 aliphatic rings. The lowest BCUT2D eigenvalue weighted by Gasteiger charge is -2.22. The monoisotopic (exact) mass is 349 g/mol. The zero-order valence-corrected chi connectivity index (χ0v) is 15.6. The third-order valence-electron chi connectivity index (χ3n) is 4.21. The van der Waals surface area contributed by atoms with Crippen LogP contribution in [-0.2, 0) is 14.3 Å². The van der Waals surface area contributed by atoms with E-state index in [-0.39, 0.29) is 24.5 Å². The van der Waals surface area contributed by atoms with Gasteiger partial charge in [-0.25, -0.2) is 0 Å². The number of likely N-dealkylation sites (N-methyl/N-ethyl adjacent to an activating group) is 1. The van der Waals surface area contributed by atoms with Crippen molar-refractivity contribution in [2.75, 3.05) is 27.3 Å². The molecule has 2 amide bonds. The van der Waals surface area contributed by atoms with Gasteiger partial charge in [0.05, 0.1) is 0 Å². The normalized spacial score (nSPS) is 15.5. The molecular weight excluding hydrogens is 318 g/mol. The van der Waals surface area contributed by atoms with Crippen LogP contribution in [0.3, 0.4) is 0 Å². The molecule has 0 radical (unpaired) electrons. The van der Waals surface area contributed by atoms with Gasteiger partial charge in [0.1, 0.15) is 6.61 Å². The summed E-state index contributed by atoms with van der Waals surface area (Å²) in [6.07, 6.45) is 8.36. The summed E-state index contributed by atoms with van der Waals surface area (Å²) in [7, 11) is 3.37. The minimum absolute atomic E-state index is 0.0159. The summed E-state index contributed by atoms with van der Waals surface area (Å²) in [6, 6.07) is 0.135. The SMILES string of the molecule is C=C(CCC(=O)NCC(NC)C1=C(C)C=CCCC1)NC(=O)COC. The molecule has 0 saturated heterocycles. The molecule has 1 unspecified atom stereocenters. The highest BCUT2D eigenvalue weighted by atomic mass is 16.5. The van der Waals surface area contributed by atoms with Crippen LogP contribution in [0.1, 0.15) is 39.0 Å². The van der Waals surface area contributed by atoms with Gasteiger partial charge in [-0.2, -0.15) is 0 Å². The highest BCUT2D eigenvalue weighted by Gasteiger charge is 2.16. The number of amides is 2. The maximum Gasteiger partial charge on any atom is 0.250 e. The molecule has 1 atom stereocenters. The van der Waals surface area contributed by atoms with Crippen molar-refractivity contribution in [3.05, 3.63) is 35.6 Å². The Morgan fingerprint density at radius 2 is 2.08 bits per heavy atom.